The van der Waals surface area contributed by atoms with E-state index in [4.69, 9.17) is 4.42 Å². The first-order valence-corrected chi connectivity index (χ1v) is 5.37. The summed E-state index contributed by atoms with van der Waals surface area (Å²) in [4.78, 5) is 12.2. The highest BCUT2D eigenvalue weighted by atomic mass is 16.3. The van der Waals surface area contributed by atoms with Crippen LogP contribution in [0.5, 0.6) is 0 Å². The number of fused-ring (bicyclic) bond motifs is 1. The first-order chi connectivity index (χ1) is 8.88. The standard InChI is InChI=1S/C13H8N4O/c14-6-10(12-7-15-3-4-16-12)9-1-2-11-13(5-9)18-8-17-11/h1-5,7-8,10H. The fourth-order valence-electron chi connectivity index (χ4n) is 1.82. The van der Waals surface area contributed by atoms with Gasteiger partial charge in [-0.05, 0) is 17.7 Å². The van der Waals surface area contributed by atoms with Crippen LogP contribution in [-0.4, -0.2) is 15.0 Å². The second-order valence-corrected chi connectivity index (χ2v) is 3.77. The molecule has 2 heterocycles. The lowest BCUT2D eigenvalue weighted by Gasteiger charge is -2.07. The normalized spacial score (nSPS) is 12.2. The van der Waals surface area contributed by atoms with Crippen LogP contribution in [0.3, 0.4) is 0 Å². The maximum absolute atomic E-state index is 9.29. The van der Waals surface area contributed by atoms with Crippen molar-refractivity contribution in [2.75, 3.05) is 0 Å². The summed E-state index contributed by atoms with van der Waals surface area (Å²) in [6.45, 7) is 0. The Morgan fingerprint density at radius 2 is 2.17 bits per heavy atom. The van der Waals surface area contributed by atoms with E-state index in [0.29, 0.717) is 11.3 Å². The van der Waals surface area contributed by atoms with E-state index in [-0.39, 0.29) is 0 Å². The Kier molecular flexibility index (Phi) is 2.47. The van der Waals surface area contributed by atoms with Crippen LogP contribution in [-0.2, 0) is 0 Å². The summed E-state index contributed by atoms with van der Waals surface area (Å²) in [6.07, 6.45) is 6.14. The minimum atomic E-state index is -0.451. The molecule has 0 amide bonds. The SMILES string of the molecule is N#CC(c1ccc2ncoc2c1)c1cnccn1. The molecule has 0 aliphatic heterocycles. The molecule has 0 saturated carbocycles. The van der Waals surface area contributed by atoms with Gasteiger partial charge in [-0.3, -0.25) is 9.97 Å². The van der Waals surface area contributed by atoms with Gasteiger partial charge in [-0.1, -0.05) is 6.07 Å². The molecule has 3 rings (SSSR count). The molecule has 1 aromatic carbocycles. The number of rotatable bonds is 2. The van der Waals surface area contributed by atoms with Crippen molar-refractivity contribution in [3.63, 3.8) is 0 Å². The lowest BCUT2D eigenvalue weighted by molar-refractivity contribution is 0.601. The second kappa shape index (κ2) is 4.26. The van der Waals surface area contributed by atoms with Gasteiger partial charge < -0.3 is 4.42 Å². The van der Waals surface area contributed by atoms with Gasteiger partial charge in [0.25, 0.3) is 0 Å². The van der Waals surface area contributed by atoms with E-state index < -0.39 is 5.92 Å². The minimum Gasteiger partial charge on any atom is -0.443 e. The molecule has 0 bridgehead atoms. The van der Waals surface area contributed by atoms with Crippen LogP contribution in [0.2, 0.25) is 0 Å². The zero-order valence-electron chi connectivity index (χ0n) is 9.32. The topological polar surface area (TPSA) is 75.6 Å². The molecule has 18 heavy (non-hydrogen) atoms. The molecule has 2 aromatic heterocycles. The van der Waals surface area contributed by atoms with Gasteiger partial charge in [-0.15, -0.1) is 0 Å². The minimum absolute atomic E-state index is 0.451. The third kappa shape index (κ3) is 1.70. The molecule has 0 fully saturated rings. The summed E-state index contributed by atoms with van der Waals surface area (Å²) in [7, 11) is 0. The molecule has 5 heteroatoms. The van der Waals surface area contributed by atoms with E-state index in [0.717, 1.165) is 11.1 Å². The fraction of sp³-hybridized carbons (Fsp3) is 0.0769. The van der Waals surface area contributed by atoms with E-state index in [2.05, 4.69) is 21.0 Å². The predicted molar refractivity (Wildman–Crippen MR) is 63.5 cm³/mol. The second-order valence-electron chi connectivity index (χ2n) is 3.77. The molecule has 1 atom stereocenters. The predicted octanol–water partition coefficient (Wildman–Crippen LogP) is 2.27. The average Bonchev–Trinajstić information content (AvgIpc) is 2.88. The maximum atomic E-state index is 9.29. The van der Waals surface area contributed by atoms with Crippen LogP contribution in [0.1, 0.15) is 17.2 Å². The lowest BCUT2D eigenvalue weighted by Crippen LogP contribution is -2.01. The summed E-state index contributed by atoms with van der Waals surface area (Å²) in [5, 5.41) is 9.29. The Labute approximate surface area is 103 Å². The molecule has 3 aromatic rings. The molecule has 86 valence electrons. The zero-order chi connectivity index (χ0) is 12.4. The number of benzene rings is 1. The number of nitrogens with zero attached hydrogens (tertiary/aromatic N) is 4. The molecule has 5 nitrogen and oxygen atoms in total. The van der Waals surface area contributed by atoms with Gasteiger partial charge in [0.2, 0.25) is 0 Å². The molecule has 0 spiro atoms. The van der Waals surface area contributed by atoms with Crippen LogP contribution in [0.25, 0.3) is 11.1 Å². The molecule has 0 aliphatic carbocycles. The lowest BCUT2D eigenvalue weighted by atomic mass is 9.97. The maximum Gasteiger partial charge on any atom is 0.181 e. The summed E-state index contributed by atoms with van der Waals surface area (Å²) in [6, 6.07) is 7.72. The van der Waals surface area contributed by atoms with Gasteiger partial charge in [0, 0.05) is 12.4 Å². The summed E-state index contributed by atoms with van der Waals surface area (Å²) < 4.78 is 5.23. The third-order valence-corrected chi connectivity index (χ3v) is 2.70. The monoisotopic (exact) mass is 236 g/mol. The first kappa shape index (κ1) is 10.4. The number of hydrogen-bond acceptors (Lipinski definition) is 5. The number of nitriles is 1. The van der Waals surface area contributed by atoms with Crippen molar-refractivity contribution in [3.05, 3.63) is 54.4 Å². The van der Waals surface area contributed by atoms with Crippen LogP contribution in [0, 0.1) is 11.3 Å². The smallest absolute Gasteiger partial charge is 0.181 e. The van der Waals surface area contributed by atoms with Crippen molar-refractivity contribution in [1.29, 1.82) is 5.26 Å². The molecule has 0 radical (unpaired) electrons. The zero-order valence-corrected chi connectivity index (χ0v) is 9.32. The fourth-order valence-corrected chi connectivity index (χ4v) is 1.82. The number of hydrogen-bond donors (Lipinski definition) is 0. The Morgan fingerprint density at radius 3 is 2.94 bits per heavy atom. The number of aromatic nitrogens is 3. The van der Waals surface area contributed by atoms with E-state index >= 15 is 0 Å². The first-order valence-electron chi connectivity index (χ1n) is 5.37. The molecular weight excluding hydrogens is 228 g/mol. The van der Waals surface area contributed by atoms with Gasteiger partial charge >= 0.3 is 0 Å². The molecular formula is C13H8N4O. The quantitative estimate of drug-likeness (QED) is 0.682. The van der Waals surface area contributed by atoms with E-state index in [9.17, 15) is 5.26 Å². The Balaban J connectivity index is 2.09. The Bertz CT molecular complexity index is 714. The van der Waals surface area contributed by atoms with Crippen LogP contribution in [0.15, 0.2) is 47.6 Å². The highest BCUT2D eigenvalue weighted by Crippen LogP contribution is 2.24. The average molecular weight is 236 g/mol. The van der Waals surface area contributed by atoms with Crippen LogP contribution >= 0.6 is 0 Å². The third-order valence-electron chi connectivity index (χ3n) is 2.70. The molecule has 0 aliphatic rings. The van der Waals surface area contributed by atoms with Gasteiger partial charge in [-0.2, -0.15) is 5.26 Å². The van der Waals surface area contributed by atoms with Crippen molar-refractivity contribution < 1.29 is 4.42 Å². The van der Waals surface area contributed by atoms with Crippen molar-refractivity contribution in [1.82, 2.24) is 15.0 Å². The van der Waals surface area contributed by atoms with Crippen molar-refractivity contribution in [3.8, 4) is 6.07 Å². The molecule has 0 saturated heterocycles. The largest absolute Gasteiger partial charge is 0.443 e. The van der Waals surface area contributed by atoms with Gasteiger partial charge in [-0.25, -0.2) is 4.98 Å². The Morgan fingerprint density at radius 1 is 1.22 bits per heavy atom. The molecule has 0 N–H and O–H groups in total. The molecule has 1 unspecified atom stereocenters. The van der Waals surface area contributed by atoms with Crippen molar-refractivity contribution in [2.24, 2.45) is 0 Å². The Hall–Kier alpha value is -2.74. The van der Waals surface area contributed by atoms with E-state index in [1.54, 1.807) is 18.6 Å². The van der Waals surface area contributed by atoms with Gasteiger partial charge in [0.15, 0.2) is 12.0 Å². The highest BCUT2D eigenvalue weighted by Gasteiger charge is 2.16. The highest BCUT2D eigenvalue weighted by molar-refractivity contribution is 5.73. The van der Waals surface area contributed by atoms with Crippen LogP contribution in [0.4, 0.5) is 0 Å². The summed E-state index contributed by atoms with van der Waals surface area (Å²) in [5.74, 6) is -0.451. The summed E-state index contributed by atoms with van der Waals surface area (Å²) >= 11 is 0. The van der Waals surface area contributed by atoms with Crippen LogP contribution < -0.4 is 0 Å². The van der Waals surface area contributed by atoms with E-state index in [1.165, 1.54) is 6.39 Å². The summed E-state index contributed by atoms with van der Waals surface area (Å²) in [5.41, 5.74) is 2.88. The van der Waals surface area contributed by atoms with E-state index in [1.807, 2.05) is 18.2 Å². The van der Waals surface area contributed by atoms with Crippen molar-refractivity contribution >= 4 is 11.1 Å². The van der Waals surface area contributed by atoms with Crippen molar-refractivity contribution in [2.45, 2.75) is 5.92 Å². The number of oxazole rings is 1. The van der Waals surface area contributed by atoms with Gasteiger partial charge in [0.1, 0.15) is 11.4 Å². The van der Waals surface area contributed by atoms with Gasteiger partial charge in [0.05, 0.1) is 18.0 Å².